The summed E-state index contributed by atoms with van der Waals surface area (Å²) in [7, 11) is 0. The average molecular weight is 273 g/mol. The lowest BCUT2D eigenvalue weighted by molar-refractivity contribution is 0.0931. The first kappa shape index (κ1) is 12.8. The SMILES string of the molecule is Cc1cc(C(=O)NC2CCn3cncc3C2)ccc1F. The van der Waals surface area contributed by atoms with Gasteiger partial charge in [0.2, 0.25) is 0 Å². The molecule has 5 heteroatoms. The largest absolute Gasteiger partial charge is 0.349 e. The summed E-state index contributed by atoms with van der Waals surface area (Å²) in [4.78, 5) is 16.3. The van der Waals surface area contributed by atoms with Crippen LogP contribution < -0.4 is 5.32 Å². The summed E-state index contributed by atoms with van der Waals surface area (Å²) < 4.78 is 15.3. The number of aryl methyl sites for hydroxylation is 2. The number of fused-ring (bicyclic) bond motifs is 1. The summed E-state index contributed by atoms with van der Waals surface area (Å²) >= 11 is 0. The van der Waals surface area contributed by atoms with Crippen LogP contribution >= 0.6 is 0 Å². The Labute approximate surface area is 116 Å². The topological polar surface area (TPSA) is 46.9 Å². The fourth-order valence-electron chi connectivity index (χ4n) is 2.55. The molecule has 0 spiro atoms. The van der Waals surface area contributed by atoms with Gasteiger partial charge in [0.25, 0.3) is 5.91 Å². The van der Waals surface area contributed by atoms with Crippen molar-refractivity contribution in [1.82, 2.24) is 14.9 Å². The molecule has 1 unspecified atom stereocenters. The summed E-state index contributed by atoms with van der Waals surface area (Å²) in [5.41, 5.74) is 2.12. The highest BCUT2D eigenvalue weighted by Crippen LogP contribution is 2.15. The van der Waals surface area contributed by atoms with Crippen molar-refractivity contribution < 1.29 is 9.18 Å². The quantitative estimate of drug-likeness (QED) is 0.910. The number of hydrogen-bond donors (Lipinski definition) is 1. The number of hydrogen-bond acceptors (Lipinski definition) is 2. The molecule has 1 aliphatic heterocycles. The monoisotopic (exact) mass is 273 g/mol. The van der Waals surface area contributed by atoms with Gasteiger partial charge in [-0.25, -0.2) is 9.37 Å². The third-order valence-electron chi connectivity index (χ3n) is 3.73. The molecule has 0 saturated carbocycles. The smallest absolute Gasteiger partial charge is 0.251 e. The van der Waals surface area contributed by atoms with Crippen LogP contribution in [0.15, 0.2) is 30.7 Å². The highest BCUT2D eigenvalue weighted by molar-refractivity contribution is 5.94. The number of imidazole rings is 1. The van der Waals surface area contributed by atoms with Crippen molar-refractivity contribution in [1.29, 1.82) is 0 Å². The molecule has 0 fully saturated rings. The maximum atomic E-state index is 13.2. The lowest BCUT2D eigenvalue weighted by Gasteiger charge is -2.24. The molecule has 1 aromatic carbocycles. The van der Waals surface area contributed by atoms with Crippen LogP contribution in [-0.4, -0.2) is 21.5 Å². The summed E-state index contributed by atoms with van der Waals surface area (Å²) in [5.74, 6) is -0.436. The van der Waals surface area contributed by atoms with Crippen molar-refractivity contribution in [3.63, 3.8) is 0 Å². The van der Waals surface area contributed by atoms with Crippen molar-refractivity contribution in [3.8, 4) is 0 Å². The van der Waals surface area contributed by atoms with Gasteiger partial charge in [0.05, 0.1) is 6.33 Å². The van der Waals surface area contributed by atoms with E-state index in [1.54, 1.807) is 13.0 Å². The molecule has 4 nitrogen and oxygen atoms in total. The Balaban J connectivity index is 1.69. The number of carbonyl (C=O) groups is 1. The third-order valence-corrected chi connectivity index (χ3v) is 3.73. The molecular formula is C15H16FN3O. The molecule has 2 heterocycles. The normalized spacial score (nSPS) is 17.6. The maximum Gasteiger partial charge on any atom is 0.251 e. The zero-order chi connectivity index (χ0) is 14.1. The van der Waals surface area contributed by atoms with E-state index >= 15 is 0 Å². The molecule has 1 aromatic heterocycles. The molecular weight excluding hydrogens is 257 g/mol. The highest BCUT2D eigenvalue weighted by atomic mass is 19.1. The molecule has 2 aromatic rings. The zero-order valence-electron chi connectivity index (χ0n) is 11.3. The van der Waals surface area contributed by atoms with Crippen LogP contribution in [0.5, 0.6) is 0 Å². The minimum absolute atomic E-state index is 0.108. The van der Waals surface area contributed by atoms with Crippen molar-refractivity contribution in [3.05, 3.63) is 53.4 Å². The van der Waals surface area contributed by atoms with Crippen LogP contribution in [0.2, 0.25) is 0 Å². The van der Waals surface area contributed by atoms with Gasteiger partial charge in [0.15, 0.2) is 0 Å². The summed E-state index contributed by atoms with van der Waals surface area (Å²) in [6.45, 7) is 2.52. The Bertz CT molecular complexity index is 650. The molecule has 3 rings (SSSR count). The Hall–Kier alpha value is -2.17. The molecule has 1 amide bonds. The summed E-state index contributed by atoms with van der Waals surface area (Å²) in [6, 6.07) is 4.54. The fourth-order valence-corrected chi connectivity index (χ4v) is 2.55. The first-order valence-electron chi connectivity index (χ1n) is 6.69. The number of aromatic nitrogens is 2. The van der Waals surface area contributed by atoms with Crippen LogP contribution in [0.3, 0.4) is 0 Å². The number of nitrogens with one attached hydrogen (secondary N) is 1. The van der Waals surface area contributed by atoms with Gasteiger partial charge in [0, 0.05) is 36.5 Å². The van der Waals surface area contributed by atoms with Gasteiger partial charge in [-0.3, -0.25) is 4.79 Å². The minimum Gasteiger partial charge on any atom is -0.349 e. The van der Waals surface area contributed by atoms with Crippen LogP contribution in [0.1, 0.15) is 28.0 Å². The Kier molecular flexibility index (Phi) is 3.26. The number of nitrogens with zero attached hydrogens (tertiary/aromatic N) is 2. The van der Waals surface area contributed by atoms with Gasteiger partial charge in [0.1, 0.15) is 5.82 Å². The van der Waals surface area contributed by atoms with E-state index in [1.807, 2.05) is 12.5 Å². The first-order chi connectivity index (χ1) is 9.63. The predicted octanol–water partition coefficient (Wildman–Crippen LogP) is 2.08. The number of halogens is 1. The van der Waals surface area contributed by atoms with Crippen LogP contribution in [0, 0.1) is 12.7 Å². The predicted molar refractivity (Wildman–Crippen MR) is 72.9 cm³/mol. The van der Waals surface area contributed by atoms with E-state index in [2.05, 4.69) is 14.9 Å². The lowest BCUT2D eigenvalue weighted by Crippen LogP contribution is -2.40. The second-order valence-electron chi connectivity index (χ2n) is 5.21. The Morgan fingerprint density at radius 1 is 1.50 bits per heavy atom. The Morgan fingerprint density at radius 2 is 2.35 bits per heavy atom. The molecule has 0 aliphatic carbocycles. The van der Waals surface area contributed by atoms with Crippen molar-refractivity contribution in [2.45, 2.75) is 32.4 Å². The number of rotatable bonds is 2. The van der Waals surface area contributed by atoms with Gasteiger partial charge in [-0.05, 0) is 37.1 Å². The zero-order valence-corrected chi connectivity index (χ0v) is 11.3. The molecule has 1 atom stereocenters. The fraction of sp³-hybridized carbons (Fsp3) is 0.333. The second kappa shape index (κ2) is 5.07. The van der Waals surface area contributed by atoms with Crippen LogP contribution in [0.4, 0.5) is 4.39 Å². The molecule has 20 heavy (non-hydrogen) atoms. The molecule has 0 bridgehead atoms. The van der Waals surface area contributed by atoms with E-state index in [9.17, 15) is 9.18 Å². The molecule has 0 radical (unpaired) electrons. The minimum atomic E-state index is -0.289. The van der Waals surface area contributed by atoms with Crippen molar-refractivity contribution >= 4 is 5.91 Å². The van der Waals surface area contributed by atoms with E-state index in [4.69, 9.17) is 0 Å². The summed E-state index contributed by atoms with van der Waals surface area (Å²) in [6.07, 6.45) is 5.32. The Morgan fingerprint density at radius 3 is 3.15 bits per heavy atom. The third kappa shape index (κ3) is 2.43. The van der Waals surface area contributed by atoms with Crippen LogP contribution in [-0.2, 0) is 13.0 Å². The first-order valence-corrected chi connectivity index (χ1v) is 6.69. The van der Waals surface area contributed by atoms with E-state index in [-0.39, 0.29) is 17.8 Å². The van der Waals surface area contributed by atoms with Crippen molar-refractivity contribution in [2.75, 3.05) is 0 Å². The van der Waals surface area contributed by atoms with Gasteiger partial charge < -0.3 is 9.88 Å². The number of amides is 1. The summed E-state index contributed by atoms with van der Waals surface area (Å²) in [5, 5.41) is 3.01. The van der Waals surface area contributed by atoms with E-state index in [0.717, 1.165) is 25.1 Å². The number of carbonyl (C=O) groups excluding carboxylic acids is 1. The van der Waals surface area contributed by atoms with Gasteiger partial charge in [-0.1, -0.05) is 0 Å². The maximum absolute atomic E-state index is 13.2. The highest BCUT2D eigenvalue weighted by Gasteiger charge is 2.20. The van der Waals surface area contributed by atoms with Crippen molar-refractivity contribution in [2.24, 2.45) is 0 Å². The van der Waals surface area contributed by atoms with Gasteiger partial charge >= 0.3 is 0 Å². The van der Waals surface area contributed by atoms with E-state index < -0.39 is 0 Å². The molecule has 1 aliphatic rings. The van der Waals surface area contributed by atoms with E-state index in [1.165, 1.54) is 12.1 Å². The number of benzene rings is 1. The van der Waals surface area contributed by atoms with E-state index in [0.29, 0.717) is 11.1 Å². The molecule has 1 N–H and O–H groups in total. The van der Waals surface area contributed by atoms with Gasteiger partial charge in [-0.15, -0.1) is 0 Å². The molecule has 0 saturated heterocycles. The average Bonchev–Trinajstić information content (AvgIpc) is 2.89. The van der Waals surface area contributed by atoms with Gasteiger partial charge in [-0.2, -0.15) is 0 Å². The second-order valence-corrected chi connectivity index (χ2v) is 5.21. The molecule has 104 valence electrons. The standard InChI is InChI=1S/C15H16FN3O/c1-10-6-11(2-3-14(10)16)15(20)18-12-4-5-19-9-17-8-13(19)7-12/h2-3,6,8-9,12H,4-5,7H2,1H3,(H,18,20). The van der Waals surface area contributed by atoms with Crippen LogP contribution in [0.25, 0.3) is 0 Å². The lowest BCUT2D eigenvalue weighted by atomic mass is 10.0.